The maximum atomic E-state index is 12.9. The van der Waals surface area contributed by atoms with E-state index in [1.807, 2.05) is 4.31 Å². The predicted molar refractivity (Wildman–Crippen MR) is 60.7 cm³/mol. The van der Waals surface area contributed by atoms with Gasteiger partial charge in [-0.25, -0.2) is 4.39 Å². The van der Waals surface area contributed by atoms with Crippen molar-refractivity contribution in [2.75, 3.05) is 10.8 Å². The Balaban J connectivity index is 2.22. The first-order chi connectivity index (χ1) is 6.66. The lowest BCUT2D eigenvalue weighted by atomic mass is 10.3. The summed E-state index contributed by atoms with van der Waals surface area (Å²) in [6.45, 7) is 0.572. The molecule has 0 radical (unpaired) electrons. The lowest BCUT2D eigenvalue weighted by Gasteiger charge is -2.14. The van der Waals surface area contributed by atoms with Gasteiger partial charge in [-0.05, 0) is 34.1 Å². The fourth-order valence-electron chi connectivity index (χ4n) is 1.09. The van der Waals surface area contributed by atoms with Gasteiger partial charge in [-0.2, -0.15) is 4.40 Å². The van der Waals surface area contributed by atoms with E-state index in [0.29, 0.717) is 16.9 Å². The molecule has 0 spiro atoms. The first kappa shape index (κ1) is 9.79. The molecule has 1 aliphatic heterocycles. The van der Waals surface area contributed by atoms with Gasteiger partial charge in [0, 0.05) is 0 Å². The third kappa shape index (κ3) is 1.85. The van der Waals surface area contributed by atoms with E-state index < -0.39 is 0 Å². The summed E-state index contributed by atoms with van der Waals surface area (Å²) in [4.78, 5) is 0. The molecule has 1 aromatic carbocycles. The van der Waals surface area contributed by atoms with E-state index in [-0.39, 0.29) is 5.82 Å². The number of amidine groups is 1. The molecule has 0 amide bonds. The number of rotatable bonds is 1. The second-order valence-electron chi connectivity index (χ2n) is 2.80. The van der Waals surface area contributed by atoms with Crippen molar-refractivity contribution in [1.29, 1.82) is 0 Å². The summed E-state index contributed by atoms with van der Waals surface area (Å²) in [7, 11) is 0. The zero-order valence-corrected chi connectivity index (χ0v) is 9.48. The quantitative estimate of drug-likeness (QED) is 0.800. The summed E-state index contributed by atoms with van der Waals surface area (Å²) in [6, 6.07) is 4.81. The third-order valence-electron chi connectivity index (χ3n) is 1.75. The van der Waals surface area contributed by atoms with Gasteiger partial charge in [0.05, 0.1) is 28.8 Å². The summed E-state index contributed by atoms with van der Waals surface area (Å²) < 4.78 is 19.2. The van der Waals surface area contributed by atoms with Crippen molar-refractivity contribution in [2.24, 2.45) is 10.1 Å². The molecule has 0 fully saturated rings. The van der Waals surface area contributed by atoms with E-state index in [9.17, 15) is 4.39 Å². The lowest BCUT2D eigenvalue weighted by molar-refractivity contribution is 0.621. The van der Waals surface area contributed by atoms with Gasteiger partial charge in [0.15, 0.2) is 0 Å². The molecule has 0 bridgehead atoms. The second-order valence-corrected chi connectivity index (χ2v) is 4.44. The monoisotopic (exact) mass is 275 g/mol. The van der Waals surface area contributed by atoms with Crippen molar-refractivity contribution >= 4 is 39.6 Å². The van der Waals surface area contributed by atoms with E-state index in [2.05, 4.69) is 20.3 Å². The van der Waals surface area contributed by atoms with Crippen molar-refractivity contribution in [3.05, 3.63) is 28.5 Å². The SMILES string of the molecule is NC1=NSN(c2ccc(F)c(Br)c2)C1. The Morgan fingerprint density at radius 3 is 2.93 bits per heavy atom. The molecule has 0 unspecified atom stereocenters. The zero-order chi connectivity index (χ0) is 10.1. The number of nitrogens with two attached hydrogens (primary N) is 1. The Hall–Kier alpha value is -0.750. The molecule has 74 valence electrons. The summed E-state index contributed by atoms with van der Waals surface area (Å²) in [5.74, 6) is 0.308. The number of halogens is 2. The summed E-state index contributed by atoms with van der Waals surface area (Å²) in [5, 5.41) is 0. The lowest BCUT2D eigenvalue weighted by Crippen LogP contribution is -2.22. The second kappa shape index (κ2) is 3.78. The predicted octanol–water partition coefficient (Wildman–Crippen LogP) is 2.33. The molecule has 3 nitrogen and oxygen atoms in total. The van der Waals surface area contributed by atoms with E-state index in [1.165, 1.54) is 18.2 Å². The van der Waals surface area contributed by atoms with Crippen molar-refractivity contribution < 1.29 is 4.39 Å². The van der Waals surface area contributed by atoms with Gasteiger partial charge in [0.1, 0.15) is 11.7 Å². The fourth-order valence-corrected chi connectivity index (χ4v) is 2.11. The topological polar surface area (TPSA) is 41.6 Å². The maximum absolute atomic E-state index is 12.9. The molecule has 0 aliphatic carbocycles. The van der Waals surface area contributed by atoms with Crippen LogP contribution in [-0.4, -0.2) is 12.4 Å². The molecule has 0 saturated carbocycles. The number of hydrogen-bond acceptors (Lipinski definition) is 4. The van der Waals surface area contributed by atoms with Crippen LogP contribution in [-0.2, 0) is 0 Å². The highest BCUT2D eigenvalue weighted by Crippen LogP contribution is 2.29. The Bertz CT molecular complexity index is 396. The van der Waals surface area contributed by atoms with Crippen LogP contribution in [0.4, 0.5) is 10.1 Å². The van der Waals surface area contributed by atoms with Crippen LogP contribution < -0.4 is 10.0 Å². The molecule has 2 rings (SSSR count). The van der Waals surface area contributed by atoms with Crippen LogP contribution in [0.15, 0.2) is 27.1 Å². The number of hydrogen-bond donors (Lipinski definition) is 1. The highest BCUT2D eigenvalue weighted by atomic mass is 79.9. The van der Waals surface area contributed by atoms with Crippen LogP contribution in [0.5, 0.6) is 0 Å². The Morgan fingerprint density at radius 1 is 1.57 bits per heavy atom. The number of anilines is 1. The Labute approximate surface area is 93.6 Å². The van der Waals surface area contributed by atoms with Crippen molar-refractivity contribution in [1.82, 2.24) is 0 Å². The van der Waals surface area contributed by atoms with Gasteiger partial charge in [0.25, 0.3) is 0 Å². The van der Waals surface area contributed by atoms with Crippen molar-refractivity contribution in [3.8, 4) is 0 Å². The largest absolute Gasteiger partial charge is 0.385 e. The molecule has 6 heteroatoms. The molecule has 14 heavy (non-hydrogen) atoms. The minimum atomic E-state index is -0.271. The molecule has 1 aromatic rings. The summed E-state index contributed by atoms with van der Waals surface area (Å²) >= 11 is 4.40. The Morgan fingerprint density at radius 2 is 2.36 bits per heavy atom. The van der Waals surface area contributed by atoms with Gasteiger partial charge in [-0.15, -0.1) is 0 Å². The normalized spacial score (nSPS) is 15.9. The van der Waals surface area contributed by atoms with Gasteiger partial charge in [-0.3, -0.25) is 4.31 Å². The van der Waals surface area contributed by atoms with Gasteiger partial charge in [-0.1, -0.05) is 0 Å². The first-order valence-electron chi connectivity index (χ1n) is 3.89. The van der Waals surface area contributed by atoms with E-state index in [1.54, 1.807) is 12.1 Å². The average molecular weight is 276 g/mol. The minimum Gasteiger partial charge on any atom is -0.385 e. The van der Waals surface area contributed by atoms with E-state index in [4.69, 9.17) is 5.73 Å². The third-order valence-corrected chi connectivity index (χ3v) is 3.21. The average Bonchev–Trinajstić information content (AvgIpc) is 2.57. The van der Waals surface area contributed by atoms with E-state index in [0.717, 1.165) is 5.69 Å². The summed E-state index contributed by atoms with van der Waals surface area (Å²) in [6.07, 6.45) is 0. The van der Waals surface area contributed by atoms with Crippen molar-refractivity contribution in [3.63, 3.8) is 0 Å². The molecule has 0 aromatic heterocycles. The van der Waals surface area contributed by atoms with Crippen LogP contribution >= 0.6 is 28.1 Å². The first-order valence-corrected chi connectivity index (χ1v) is 5.41. The van der Waals surface area contributed by atoms with Crippen molar-refractivity contribution in [2.45, 2.75) is 0 Å². The van der Waals surface area contributed by atoms with Crippen LogP contribution in [0.3, 0.4) is 0 Å². The van der Waals surface area contributed by atoms with E-state index >= 15 is 0 Å². The zero-order valence-electron chi connectivity index (χ0n) is 7.08. The molecular formula is C8H7BrFN3S. The molecule has 0 saturated heterocycles. The Kier molecular flexibility index (Phi) is 2.64. The molecule has 0 atom stereocenters. The van der Waals surface area contributed by atoms with Gasteiger partial charge in [0.2, 0.25) is 0 Å². The van der Waals surface area contributed by atoms with Crippen LogP contribution in [0.2, 0.25) is 0 Å². The van der Waals surface area contributed by atoms with Gasteiger partial charge < -0.3 is 5.73 Å². The molecule has 1 aliphatic rings. The summed E-state index contributed by atoms with van der Waals surface area (Å²) in [5.41, 5.74) is 6.41. The van der Waals surface area contributed by atoms with Crippen LogP contribution in [0.25, 0.3) is 0 Å². The molecular weight excluding hydrogens is 269 g/mol. The standard InChI is InChI=1S/C8H7BrFN3S/c9-6-3-5(1-2-7(6)10)13-4-8(11)12-14-13/h1-3H,4H2,(H2,11,12). The smallest absolute Gasteiger partial charge is 0.137 e. The maximum Gasteiger partial charge on any atom is 0.137 e. The molecule has 1 heterocycles. The van der Waals surface area contributed by atoms with Crippen LogP contribution in [0, 0.1) is 5.82 Å². The highest BCUT2D eigenvalue weighted by Gasteiger charge is 2.16. The fraction of sp³-hybridized carbons (Fsp3) is 0.125. The molecule has 2 N–H and O–H groups in total. The van der Waals surface area contributed by atoms with Gasteiger partial charge >= 0.3 is 0 Å². The highest BCUT2D eigenvalue weighted by molar-refractivity contribution is 9.10. The number of nitrogens with zero attached hydrogens (tertiary/aromatic N) is 2. The van der Waals surface area contributed by atoms with Crippen LogP contribution in [0.1, 0.15) is 0 Å². The minimum absolute atomic E-state index is 0.271. The number of benzene rings is 1.